The van der Waals surface area contributed by atoms with E-state index in [-0.39, 0.29) is 6.04 Å². The van der Waals surface area contributed by atoms with Crippen LogP contribution in [0.1, 0.15) is 18.5 Å². The standard InChI is InChI=1S/C15H16BrNOS/c1-10(17)11-7-8-14(12(16)9-11)19-15-6-4-3-5-13(15)18-2/h3-10H,17H2,1-2H3. The highest BCUT2D eigenvalue weighted by atomic mass is 79.9. The molecule has 0 aliphatic heterocycles. The fourth-order valence-electron chi connectivity index (χ4n) is 1.70. The molecular weight excluding hydrogens is 322 g/mol. The Bertz CT molecular complexity index is 572. The van der Waals surface area contributed by atoms with Crippen molar-refractivity contribution in [1.29, 1.82) is 0 Å². The maximum absolute atomic E-state index is 5.88. The predicted octanol–water partition coefficient (Wildman–Crippen LogP) is 4.63. The Balaban J connectivity index is 2.28. The normalized spacial score (nSPS) is 12.2. The van der Waals surface area contributed by atoms with Crippen molar-refractivity contribution in [2.75, 3.05) is 7.11 Å². The molecule has 0 aliphatic carbocycles. The number of ether oxygens (including phenoxy) is 1. The van der Waals surface area contributed by atoms with E-state index in [1.54, 1.807) is 18.9 Å². The molecule has 0 aliphatic rings. The molecule has 1 unspecified atom stereocenters. The van der Waals surface area contributed by atoms with Crippen molar-refractivity contribution in [3.05, 3.63) is 52.5 Å². The summed E-state index contributed by atoms with van der Waals surface area (Å²) in [6.45, 7) is 1.98. The van der Waals surface area contributed by atoms with E-state index in [4.69, 9.17) is 10.5 Å². The van der Waals surface area contributed by atoms with Crippen LogP contribution in [0.2, 0.25) is 0 Å². The largest absolute Gasteiger partial charge is 0.496 e. The Labute approximate surface area is 126 Å². The summed E-state index contributed by atoms with van der Waals surface area (Å²) in [4.78, 5) is 2.24. The molecule has 2 nitrogen and oxygen atoms in total. The molecule has 1 atom stereocenters. The SMILES string of the molecule is COc1ccccc1Sc1ccc(C(C)N)cc1Br. The van der Waals surface area contributed by atoms with E-state index in [1.165, 1.54) is 0 Å². The average molecular weight is 338 g/mol. The summed E-state index contributed by atoms with van der Waals surface area (Å²) in [7, 11) is 1.69. The molecule has 0 saturated carbocycles. The summed E-state index contributed by atoms with van der Waals surface area (Å²) < 4.78 is 6.42. The van der Waals surface area contributed by atoms with Gasteiger partial charge < -0.3 is 10.5 Å². The lowest BCUT2D eigenvalue weighted by molar-refractivity contribution is 0.405. The summed E-state index contributed by atoms with van der Waals surface area (Å²) in [5.74, 6) is 0.885. The van der Waals surface area contributed by atoms with Gasteiger partial charge in [0.15, 0.2) is 0 Å². The van der Waals surface area contributed by atoms with Crippen LogP contribution >= 0.6 is 27.7 Å². The van der Waals surface area contributed by atoms with Gasteiger partial charge in [0.2, 0.25) is 0 Å². The first-order valence-corrected chi connectivity index (χ1v) is 7.58. The molecule has 0 heterocycles. The van der Waals surface area contributed by atoms with Crippen molar-refractivity contribution < 1.29 is 4.74 Å². The first kappa shape index (κ1) is 14.4. The number of rotatable bonds is 4. The second-order valence-electron chi connectivity index (χ2n) is 4.23. The third-order valence-corrected chi connectivity index (χ3v) is 4.82. The van der Waals surface area contributed by atoms with Crippen LogP contribution in [-0.4, -0.2) is 7.11 Å². The van der Waals surface area contributed by atoms with E-state index in [0.717, 1.165) is 25.6 Å². The van der Waals surface area contributed by atoms with Crippen LogP contribution in [0.3, 0.4) is 0 Å². The number of hydrogen-bond donors (Lipinski definition) is 1. The van der Waals surface area contributed by atoms with Gasteiger partial charge in [-0.1, -0.05) is 30.0 Å². The van der Waals surface area contributed by atoms with Crippen LogP contribution in [0.25, 0.3) is 0 Å². The monoisotopic (exact) mass is 337 g/mol. The van der Waals surface area contributed by atoms with E-state index >= 15 is 0 Å². The number of para-hydroxylation sites is 1. The topological polar surface area (TPSA) is 35.2 Å². The van der Waals surface area contributed by atoms with Crippen molar-refractivity contribution in [2.45, 2.75) is 22.8 Å². The highest BCUT2D eigenvalue weighted by Crippen LogP contribution is 2.38. The first-order valence-electron chi connectivity index (χ1n) is 5.97. The third kappa shape index (κ3) is 3.53. The van der Waals surface area contributed by atoms with Crippen molar-refractivity contribution in [3.8, 4) is 5.75 Å². The molecule has 2 N–H and O–H groups in total. The molecule has 0 spiro atoms. The molecule has 2 rings (SSSR count). The maximum Gasteiger partial charge on any atom is 0.132 e. The Morgan fingerprint density at radius 2 is 1.89 bits per heavy atom. The number of halogens is 1. The Hall–Kier alpha value is -0.970. The smallest absolute Gasteiger partial charge is 0.132 e. The van der Waals surface area contributed by atoms with Crippen molar-refractivity contribution in [2.24, 2.45) is 5.73 Å². The van der Waals surface area contributed by atoms with Gasteiger partial charge in [0, 0.05) is 15.4 Å². The fourth-order valence-corrected chi connectivity index (χ4v) is 3.27. The third-order valence-electron chi connectivity index (χ3n) is 2.77. The highest BCUT2D eigenvalue weighted by molar-refractivity contribution is 9.10. The maximum atomic E-state index is 5.88. The number of nitrogens with two attached hydrogens (primary N) is 1. The minimum Gasteiger partial charge on any atom is -0.496 e. The summed E-state index contributed by atoms with van der Waals surface area (Å²) >= 11 is 5.28. The zero-order valence-corrected chi connectivity index (χ0v) is 13.3. The van der Waals surface area contributed by atoms with Crippen LogP contribution in [-0.2, 0) is 0 Å². The molecule has 0 bridgehead atoms. The second kappa shape index (κ2) is 6.46. The minimum absolute atomic E-state index is 0.0432. The van der Waals surface area contributed by atoms with Gasteiger partial charge in [-0.05, 0) is 52.7 Å². The van der Waals surface area contributed by atoms with E-state index in [9.17, 15) is 0 Å². The van der Waals surface area contributed by atoms with E-state index in [2.05, 4.69) is 40.2 Å². The molecule has 2 aromatic rings. The van der Waals surface area contributed by atoms with Gasteiger partial charge in [-0.3, -0.25) is 0 Å². The summed E-state index contributed by atoms with van der Waals surface area (Å²) in [5.41, 5.74) is 7.00. The van der Waals surface area contributed by atoms with Gasteiger partial charge in [-0.15, -0.1) is 0 Å². The summed E-state index contributed by atoms with van der Waals surface area (Å²) in [6.07, 6.45) is 0. The molecule has 4 heteroatoms. The van der Waals surface area contributed by atoms with Gasteiger partial charge in [0.05, 0.1) is 12.0 Å². The first-order chi connectivity index (χ1) is 9.11. The molecule has 0 aromatic heterocycles. The lowest BCUT2D eigenvalue weighted by Crippen LogP contribution is -2.04. The Morgan fingerprint density at radius 3 is 2.53 bits per heavy atom. The molecule has 0 radical (unpaired) electrons. The van der Waals surface area contributed by atoms with Crippen molar-refractivity contribution in [1.82, 2.24) is 0 Å². The van der Waals surface area contributed by atoms with Gasteiger partial charge in [-0.25, -0.2) is 0 Å². The molecule has 0 saturated heterocycles. The fraction of sp³-hybridized carbons (Fsp3) is 0.200. The zero-order chi connectivity index (χ0) is 13.8. The van der Waals surface area contributed by atoms with Gasteiger partial charge >= 0.3 is 0 Å². The highest BCUT2D eigenvalue weighted by Gasteiger charge is 2.09. The Morgan fingerprint density at radius 1 is 1.16 bits per heavy atom. The second-order valence-corrected chi connectivity index (χ2v) is 6.17. The molecule has 0 amide bonds. The number of hydrogen-bond acceptors (Lipinski definition) is 3. The molecule has 2 aromatic carbocycles. The van der Waals surface area contributed by atoms with Crippen LogP contribution < -0.4 is 10.5 Å². The quantitative estimate of drug-likeness (QED) is 0.883. The van der Waals surface area contributed by atoms with Crippen molar-refractivity contribution >= 4 is 27.7 Å². The Kier molecular flexibility index (Phi) is 4.91. The minimum atomic E-state index is 0.0432. The number of methoxy groups -OCH3 is 1. The van der Waals surface area contributed by atoms with Crippen LogP contribution in [0, 0.1) is 0 Å². The summed E-state index contributed by atoms with van der Waals surface area (Å²) in [5, 5.41) is 0. The van der Waals surface area contributed by atoms with Crippen LogP contribution in [0.4, 0.5) is 0 Å². The zero-order valence-electron chi connectivity index (χ0n) is 10.9. The average Bonchev–Trinajstić information content (AvgIpc) is 2.41. The molecule has 0 fully saturated rings. The number of benzene rings is 2. The summed E-state index contributed by atoms with van der Waals surface area (Å²) in [6, 6.07) is 14.3. The van der Waals surface area contributed by atoms with Crippen LogP contribution in [0.15, 0.2) is 56.7 Å². The molecular formula is C15H16BrNOS. The molecule has 19 heavy (non-hydrogen) atoms. The van der Waals surface area contributed by atoms with Gasteiger partial charge in [-0.2, -0.15) is 0 Å². The lowest BCUT2D eigenvalue weighted by Gasteiger charge is -2.11. The van der Waals surface area contributed by atoms with E-state index < -0.39 is 0 Å². The van der Waals surface area contributed by atoms with E-state index in [0.29, 0.717) is 0 Å². The predicted molar refractivity (Wildman–Crippen MR) is 83.9 cm³/mol. The molecule has 100 valence electrons. The van der Waals surface area contributed by atoms with Gasteiger partial charge in [0.25, 0.3) is 0 Å². The van der Waals surface area contributed by atoms with E-state index in [1.807, 2.05) is 25.1 Å². The van der Waals surface area contributed by atoms with Crippen molar-refractivity contribution in [3.63, 3.8) is 0 Å². The lowest BCUT2D eigenvalue weighted by atomic mass is 10.1. The van der Waals surface area contributed by atoms with Crippen LogP contribution in [0.5, 0.6) is 5.75 Å². The van der Waals surface area contributed by atoms with Gasteiger partial charge in [0.1, 0.15) is 5.75 Å².